The van der Waals surface area contributed by atoms with E-state index in [2.05, 4.69) is 37.0 Å². The largest absolute Gasteiger partial charge is 0.104 e. The molecule has 0 nitrogen and oxygen atoms in total. The average molecular weight is 212 g/mol. The van der Waals surface area contributed by atoms with Crippen molar-refractivity contribution in [2.45, 2.75) is 51.9 Å². The van der Waals surface area contributed by atoms with Crippen molar-refractivity contribution in [1.82, 2.24) is 0 Å². The molecule has 0 aromatic heterocycles. The molecule has 0 N–H and O–H groups in total. The molecular weight excluding hydrogens is 192 g/mol. The van der Waals surface area contributed by atoms with E-state index in [-0.39, 0.29) is 0 Å². The third-order valence-electron chi connectivity index (χ3n) is 3.25. The lowest BCUT2D eigenvalue weighted by molar-refractivity contribution is 0.684. The van der Waals surface area contributed by atoms with Crippen LogP contribution in [0.2, 0.25) is 0 Å². The lowest BCUT2D eigenvalue weighted by Gasteiger charge is -2.16. The Hall–Kier alpha value is -1.22. The van der Waals surface area contributed by atoms with Gasteiger partial charge in [0.2, 0.25) is 0 Å². The molecule has 0 amide bonds. The number of hydrogen-bond donors (Lipinski definition) is 0. The Balaban J connectivity index is 2.00. The fraction of sp³-hybridized carbons (Fsp3) is 0.500. The minimum absolute atomic E-state index is 0.976. The van der Waals surface area contributed by atoms with Crippen molar-refractivity contribution in [1.29, 1.82) is 0 Å². The minimum atomic E-state index is 0.976. The topological polar surface area (TPSA) is 0 Å². The van der Waals surface area contributed by atoms with Gasteiger partial charge in [0.1, 0.15) is 0 Å². The fourth-order valence-electron chi connectivity index (χ4n) is 2.36. The molecule has 0 atom stereocenters. The maximum atomic E-state index is 3.21. The van der Waals surface area contributed by atoms with Gasteiger partial charge in [-0.2, -0.15) is 0 Å². The van der Waals surface area contributed by atoms with Crippen LogP contribution in [-0.2, 0) is 19.3 Å². The first-order valence-corrected chi connectivity index (χ1v) is 6.46. The summed E-state index contributed by atoms with van der Waals surface area (Å²) in [5.41, 5.74) is 4.63. The van der Waals surface area contributed by atoms with Gasteiger partial charge in [0, 0.05) is 12.8 Å². The number of fused-ring (bicyclic) bond motifs is 1. The molecule has 16 heavy (non-hydrogen) atoms. The second kappa shape index (κ2) is 5.75. The van der Waals surface area contributed by atoms with Crippen LogP contribution in [0, 0.1) is 11.8 Å². The molecule has 1 aliphatic carbocycles. The van der Waals surface area contributed by atoms with Crippen LogP contribution in [0.3, 0.4) is 0 Å². The molecule has 1 aromatic carbocycles. The maximum absolute atomic E-state index is 3.21. The van der Waals surface area contributed by atoms with Crippen molar-refractivity contribution in [3.05, 3.63) is 34.9 Å². The van der Waals surface area contributed by atoms with Crippen LogP contribution < -0.4 is 0 Å². The van der Waals surface area contributed by atoms with Gasteiger partial charge in [0.25, 0.3) is 0 Å². The van der Waals surface area contributed by atoms with Crippen LogP contribution in [-0.4, -0.2) is 0 Å². The zero-order chi connectivity index (χ0) is 11.2. The fourth-order valence-corrected chi connectivity index (χ4v) is 2.36. The normalized spacial score (nSPS) is 13.8. The van der Waals surface area contributed by atoms with E-state index in [0.29, 0.717) is 0 Å². The first kappa shape index (κ1) is 11.3. The van der Waals surface area contributed by atoms with E-state index < -0.39 is 0 Å². The van der Waals surface area contributed by atoms with E-state index in [0.717, 1.165) is 19.3 Å². The van der Waals surface area contributed by atoms with Crippen molar-refractivity contribution in [2.75, 3.05) is 0 Å². The highest BCUT2D eigenvalue weighted by Gasteiger charge is 2.08. The van der Waals surface area contributed by atoms with Gasteiger partial charge in [-0.15, -0.1) is 11.8 Å². The first-order valence-electron chi connectivity index (χ1n) is 6.46. The van der Waals surface area contributed by atoms with Gasteiger partial charge in [-0.3, -0.25) is 0 Å². The number of benzene rings is 1. The lowest BCUT2D eigenvalue weighted by atomic mass is 9.90. The monoisotopic (exact) mass is 212 g/mol. The molecule has 1 aromatic rings. The molecule has 2 rings (SSSR count). The minimum Gasteiger partial charge on any atom is -0.104 e. The van der Waals surface area contributed by atoms with Crippen molar-refractivity contribution >= 4 is 0 Å². The maximum Gasteiger partial charge on any atom is 0.0129 e. The van der Waals surface area contributed by atoms with Crippen molar-refractivity contribution in [2.24, 2.45) is 0 Å². The molecule has 0 saturated carbocycles. The smallest absolute Gasteiger partial charge is 0.0129 e. The summed E-state index contributed by atoms with van der Waals surface area (Å²) < 4.78 is 0. The second-order valence-electron chi connectivity index (χ2n) is 4.52. The van der Waals surface area contributed by atoms with Gasteiger partial charge < -0.3 is 0 Å². The van der Waals surface area contributed by atoms with Crippen LogP contribution in [0.1, 0.15) is 49.3 Å². The summed E-state index contributed by atoms with van der Waals surface area (Å²) in [6, 6.07) is 7.02. The SMILES string of the molecule is CCC#CCCc1ccc2c(c1)CCCC2. The molecule has 0 radical (unpaired) electrons. The molecular formula is C16H20. The van der Waals surface area contributed by atoms with E-state index in [4.69, 9.17) is 0 Å². The Morgan fingerprint density at radius 3 is 2.69 bits per heavy atom. The van der Waals surface area contributed by atoms with Crippen LogP contribution in [0.4, 0.5) is 0 Å². The number of aryl methyl sites for hydroxylation is 3. The summed E-state index contributed by atoms with van der Waals surface area (Å²) in [6.07, 6.45) is 8.40. The van der Waals surface area contributed by atoms with Crippen LogP contribution in [0.25, 0.3) is 0 Å². The van der Waals surface area contributed by atoms with Crippen LogP contribution in [0.5, 0.6) is 0 Å². The average Bonchev–Trinajstić information content (AvgIpc) is 2.34. The zero-order valence-corrected chi connectivity index (χ0v) is 10.2. The third-order valence-corrected chi connectivity index (χ3v) is 3.25. The van der Waals surface area contributed by atoms with Crippen molar-refractivity contribution in [3.63, 3.8) is 0 Å². The summed E-state index contributed by atoms with van der Waals surface area (Å²) in [5.74, 6) is 6.34. The van der Waals surface area contributed by atoms with E-state index in [9.17, 15) is 0 Å². The summed E-state index contributed by atoms with van der Waals surface area (Å²) in [6.45, 7) is 2.10. The highest BCUT2D eigenvalue weighted by Crippen LogP contribution is 2.22. The molecule has 0 bridgehead atoms. The predicted octanol–water partition coefficient (Wildman–Crippen LogP) is 3.91. The summed E-state index contributed by atoms with van der Waals surface area (Å²) >= 11 is 0. The molecule has 0 aliphatic heterocycles. The van der Waals surface area contributed by atoms with Gasteiger partial charge in [-0.1, -0.05) is 25.1 Å². The van der Waals surface area contributed by atoms with E-state index in [1.54, 1.807) is 11.1 Å². The Kier molecular flexibility index (Phi) is 4.05. The number of hydrogen-bond acceptors (Lipinski definition) is 0. The quantitative estimate of drug-likeness (QED) is 0.652. The van der Waals surface area contributed by atoms with Crippen molar-refractivity contribution in [3.8, 4) is 11.8 Å². The Labute approximate surface area is 99.1 Å². The third kappa shape index (κ3) is 2.89. The summed E-state index contributed by atoms with van der Waals surface area (Å²) in [7, 11) is 0. The molecule has 0 unspecified atom stereocenters. The molecule has 0 fully saturated rings. The van der Waals surface area contributed by atoms with Gasteiger partial charge in [0.15, 0.2) is 0 Å². The Morgan fingerprint density at radius 2 is 1.88 bits per heavy atom. The molecule has 0 heteroatoms. The van der Waals surface area contributed by atoms with Crippen molar-refractivity contribution < 1.29 is 0 Å². The predicted molar refractivity (Wildman–Crippen MR) is 69.5 cm³/mol. The second-order valence-corrected chi connectivity index (χ2v) is 4.52. The Morgan fingerprint density at radius 1 is 1.06 bits per heavy atom. The van der Waals surface area contributed by atoms with Crippen LogP contribution in [0.15, 0.2) is 18.2 Å². The number of rotatable bonds is 2. The van der Waals surface area contributed by atoms with Gasteiger partial charge >= 0.3 is 0 Å². The van der Waals surface area contributed by atoms with Gasteiger partial charge in [-0.05, 0) is 48.8 Å². The summed E-state index contributed by atoms with van der Waals surface area (Å²) in [4.78, 5) is 0. The molecule has 84 valence electrons. The van der Waals surface area contributed by atoms with E-state index in [1.165, 1.54) is 31.2 Å². The van der Waals surface area contributed by atoms with E-state index in [1.807, 2.05) is 0 Å². The standard InChI is InChI=1S/C16H20/c1-2-3-4-5-8-14-11-12-15-9-6-7-10-16(15)13-14/h11-13H,2,5-10H2,1H3. The lowest BCUT2D eigenvalue weighted by Crippen LogP contribution is -2.03. The molecule has 0 saturated heterocycles. The highest BCUT2D eigenvalue weighted by molar-refractivity contribution is 5.34. The van der Waals surface area contributed by atoms with E-state index >= 15 is 0 Å². The molecule has 0 spiro atoms. The van der Waals surface area contributed by atoms with Gasteiger partial charge in [0.05, 0.1) is 0 Å². The Bertz CT molecular complexity index is 404. The molecule has 0 heterocycles. The first-order chi connectivity index (χ1) is 7.90. The summed E-state index contributed by atoms with van der Waals surface area (Å²) in [5, 5.41) is 0. The zero-order valence-electron chi connectivity index (χ0n) is 10.2. The van der Waals surface area contributed by atoms with Crippen LogP contribution >= 0.6 is 0 Å². The highest BCUT2D eigenvalue weighted by atomic mass is 14.1. The molecule has 1 aliphatic rings. The van der Waals surface area contributed by atoms with Gasteiger partial charge in [-0.25, -0.2) is 0 Å².